The smallest absolute Gasteiger partial charge is 0.407 e. The van der Waals surface area contributed by atoms with Crippen LogP contribution in [0.2, 0.25) is 0 Å². The molecule has 3 aliphatic heterocycles. The van der Waals surface area contributed by atoms with Crippen LogP contribution in [0.25, 0.3) is 0 Å². The lowest BCUT2D eigenvalue weighted by Crippen LogP contribution is -2.51. The molecule has 2 atom stereocenters. The largest absolute Gasteiger partial charge is 0.492 e. The Morgan fingerprint density at radius 1 is 1.20 bits per heavy atom. The molecule has 1 aromatic rings. The number of nitrogens with two attached hydrogens (primary N) is 1. The van der Waals surface area contributed by atoms with Crippen molar-refractivity contribution in [2.45, 2.75) is 44.2 Å². The van der Waals surface area contributed by atoms with E-state index in [0.717, 1.165) is 38.0 Å². The number of anilines is 1. The number of hydrogen-bond acceptors (Lipinski definition) is 6. The monoisotopic (exact) mass is 417 g/mol. The molecule has 0 aliphatic carbocycles. The number of nitrogens with zero attached hydrogens (tertiary/aromatic N) is 4. The minimum absolute atomic E-state index is 0.0483. The topological polar surface area (TPSA) is 112 Å². The molecule has 0 spiro atoms. The predicted octanol–water partition coefficient (Wildman–Crippen LogP) is 1.38. The van der Waals surface area contributed by atoms with Crippen LogP contribution in [0.3, 0.4) is 0 Å². The molecule has 0 unspecified atom stereocenters. The van der Waals surface area contributed by atoms with Crippen LogP contribution in [-0.2, 0) is 4.79 Å². The van der Waals surface area contributed by atoms with Gasteiger partial charge in [-0.05, 0) is 43.7 Å². The van der Waals surface area contributed by atoms with E-state index in [1.165, 1.54) is 4.90 Å². The Hall–Kier alpha value is -2.55. The molecule has 0 saturated carbocycles. The fourth-order valence-electron chi connectivity index (χ4n) is 4.66. The molecule has 3 N–H and O–H groups in total. The normalized spacial score (nSPS) is 25.6. The average Bonchev–Trinajstić information content (AvgIpc) is 3.14. The van der Waals surface area contributed by atoms with Crippen molar-refractivity contribution in [3.8, 4) is 5.75 Å². The molecular weight excluding hydrogens is 386 g/mol. The van der Waals surface area contributed by atoms with E-state index < -0.39 is 6.09 Å². The first kappa shape index (κ1) is 20.7. The summed E-state index contributed by atoms with van der Waals surface area (Å²) in [5.74, 6) is 2.14. The second kappa shape index (κ2) is 9.07. The van der Waals surface area contributed by atoms with E-state index in [9.17, 15) is 9.59 Å². The van der Waals surface area contributed by atoms with Crippen LogP contribution in [0, 0.1) is 5.92 Å². The fraction of sp³-hybridized carbons (Fsp3) is 0.667. The molecule has 0 radical (unpaired) electrons. The van der Waals surface area contributed by atoms with Crippen molar-refractivity contribution in [1.82, 2.24) is 14.8 Å². The summed E-state index contributed by atoms with van der Waals surface area (Å²) in [5.41, 5.74) is 6.36. The lowest BCUT2D eigenvalue weighted by Gasteiger charge is -2.34. The van der Waals surface area contributed by atoms with Gasteiger partial charge in [-0.15, -0.1) is 0 Å². The van der Waals surface area contributed by atoms with Crippen LogP contribution in [-0.4, -0.2) is 83.3 Å². The second-order valence-electron chi connectivity index (χ2n) is 8.56. The van der Waals surface area contributed by atoms with E-state index in [2.05, 4.69) is 9.88 Å². The summed E-state index contributed by atoms with van der Waals surface area (Å²) >= 11 is 0. The van der Waals surface area contributed by atoms with Crippen molar-refractivity contribution in [1.29, 1.82) is 0 Å². The number of aromatic nitrogens is 1. The number of piperidine rings is 2. The number of carbonyl (C=O) groups is 2. The first-order valence-electron chi connectivity index (χ1n) is 10.9. The number of amides is 2. The number of ether oxygens (including phenoxy) is 1. The van der Waals surface area contributed by atoms with Crippen molar-refractivity contribution in [3.63, 3.8) is 0 Å². The van der Waals surface area contributed by atoms with Crippen molar-refractivity contribution in [3.05, 3.63) is 18.3 Å². The van der Waals surface area contributed by atoms with Gasteiger partial charge in [-0.3, -0.25) is 4.79 Å². The molecule has 2 amide bonds. The Morgan fingerprint density at radius 2 is 2.00 bits per heavy atom. The van der Waals surface area contributed by atoms with Crippen LogP contribution < -0.4 is 15.4 Å². The Labute approximate surface area is 176 Å². The molecule has 9 nitrogen and oxygen atoms in total. The first-order chi connectivity index (χ1) is 14.5. The van der Waals surface area contributed by atoms with E-state index in [4.69, 9.17) is 15.6 Å². The van der Waals surface area contributed by atoms with Crippen LogP contribution >= 0.6 is 0 Å². The lowest BCUT2D eigenvalue weighted by molar-refractivity contribution is -0.135. The summed E-state index contributed by atoms with van der Waals surface area (Å²) in [4.78, 5) is 33.3. The quantitative estimate of drug-likeness (QED) is 0.744. The SMILES string of the molecule is N[C@H]1CN(c2ccc(OCC3CCN(C(=O)O)CC3)cn2)C[C@@H]1N1CCCCC1=O. The summed E-state index contributed by atoms with van der Waals surface area (Å²) in [6.45, 7) is 3.90. The predicted molar refractivity (Wildman–Crippen MR) is 112 cm³/mol. The molecule has 0 aromatic carbocycles. The van der Waals surface area contributed by atoms with Gasteiger partial charge in [0.1, 0.15) is 11.6 Å². The molecule has 164 valence electrons. The van der Waals surface area contributed by atoms with Gasteiger partial charge in [0.05, 0.1) is 18.8 Å². The number of hydrogen-bond donors (Lipinski definition) is 2. The van der Waals surface area contributed by atoms with Crippen LogP contribution in [0.4, 0.5) is 10.6 Å². The van der Waals surface area contributed by atoms with Crippen molar-refractivity contribution in [2.24, 2.45) is 11.7 Å². The van der Waals surface area contributed by atoms with Crippen LogP contribution in [0.15, 0.2) is 18.3 Å². The van der Waals surface area contributed by atoms with E-state index in [-0.39, 0.29) is 18.0 Å². The minimum Gasteiger partial charge on any atom is -0.492 e. The molecule has 4 heterocycles. The number of carbonyl (C=O) groups excluding carboxylic acids is 1. The van der Waals surface area contributed by atoms with Gasteiger partial charge in [-0.25, -0.2) is 9.78 Å². The zero-order valence-electron chi connectivity index (χ0n) is 17.3. The number of likely N-dealkylation sites (tertiary alicyclic amines) is 2. The Balaban J connectivity index is 1.28. The Bertz CT molecular complexity index is 750. The van der Waals surface area contributed by atoms with E-state index >= 15 is 0 Å². The summed E-state index contributed by atoms with van der Waals surface area (Å²) in [6, 6.07) is 3.84. The molecule has 1 aromatic heterocycles. The molecule has 4 rings (SSSR count). The zero-order valence-corrected chi connectivity index (χ0v) is 17.3. The number of carboxylic acid groups (broad SMARTS) is 1. The first-order valence-corrected chi connectivity index (χ1v) is 10.9. The number of rotatable bonds is 5. The summed E-state index contributed by atoms with van der Waals surface area (Å²) < 4.78 is 5.89. The average molecular weight is 418 g/mol. The molecule has 9 heteroatoms. The molecular formula is C21H31N5O4. The highest BCUT2D eigenvalue weighted by Crippen LogP contribution is 2.26. The van der Waals surface area contributed by atoms with E-state index in [1.807, 2.05) is 17.0 Å². The van der Waals surface area contributed by atoms with Gasteiger partial charge in [-0.2, -0.15) is 0 Å². The molecule has 30 heavy (non-hydrogen) atoms. The van der Waals surface area contributed by atoms with Crippen molar-refractivity contribution >= 4 is 17.8 Å². The van der Waals surface area contributed by atoms with Crippen LogP contribution in [0.5, 0.6) is 5.75 Å². The summed E-state index contributed by atoms with van der Waals surface area (Å²) in [7, 11) is 0. The highest BCUT2D eigenvalue weighted by Gasteiger charge is 2.37. The zero-order chi connectivity index (χ0) is 21.1. The third-order valence-electron chi connectivity index (χ3n) is 6.51. The Kier molecular flexibility index (Phi) is 6.26. The standard InChI is InChI=1S/C21H31N5O4/c22-17-12-25(13-18(17)26-8-2-1-3-20(26)27)19-5-4-16(11-23-19)30-14-15-6-9-24(10-7-15)21(28)29/h4-5,11,15,17-18H,1-3,6-10,12-14,22H2,(H,28,29)/t17-,18-/m0/s1. The number of pyridine rings is 1. The van der Waals surface area contributed by atoms with Crippen molar-refractivity contribution < 1.29 is 19.4 Å². The molecule has 3 aliphatic rings. The third-order valence-corrected chi connectivity index (χ3v) is 6.51. The van der Waals surface area contributed by atoms with Gasteiger partial charge >= 0.3 is 6.09 Å². The van der Waals surface area contributed by atoms with Gasteiger partial charge < -0.3 is 30.3 Å². The minimum atomic E-state index is -0.845. The van der Waals surface area contributed by atoms with E-state index in [1.54, 1.807) is 6.20 Å². The maximum atomic E-state index is 12.3. The summed E-state index contributed by atoms with van der Waals surface area (Å²) in [5, 5.41) is 9.02. The highest BCUT2D eigenvalue weighted by molar-refractivity contribution is 5.77. The van der Waals surface area contributed by atoms with E-state index in [0.29, 0.717) is 50.9 Å². The molecule has 0 bridgehead atoms. The van der Waals surface area contributed by atoms with Crippen LogP contribution in [0.1, 0.15) is 32.1 Å². The maximum Gasteiger partial charge on any atom is 0.407 e. The molecule has 3 fully saturated rings. The fourth-order valence-corrected chi connectivity index (χ4v) is 4.66. The highest BCUT2D eigenvalue weighted by atomic mass is 16.5. The van der Waals surface area contributed by atoms with Crippen molar-refractivity contribution in [2.75, 3.05) is 44.2 Å². The van der Waals surface area contributed by atoms with Gasteiger partial charge in [0, 0.05) is 45.2 Å². The second-order valence-corrected chi connectivity index (χ2v) is 8.56. The lowest BCUT2D eigenvalue weighted by atomic mass is 9.98. The van der Waals surface area contributed by atoms with Gasteiger partial charge in [0.25, 0.3) is 0 Å². The van der Waals surface area contributed by atoms with Gasteiger partial charge in [-0.1, -0.05) is 0 Å². The Morgan fingerprint density at radius 3 is 2.67 bits per heavy atom. The van der Waals surface area contributed by atoms with Gasteiger partial charge in [0.15, 0.2) is 0 Å². The summed E-state index contributed by atoms with van der Waals surface area (Å²) in [6.07, 6.45) is 5.18. The third kappa shape index (κ3) is 4.61. The maximum absolute atomic E-state index is 12.3. The van der Waals surface area contributed by atoms with Gasteiger partial charge in [0.2, 0.25) is 5.91 Å². The molecule has 3 saturated heterocycles.